The van der Waals surface area contributed by atoms with Gasteiger partial charge in [0.25, 0.3) is 0 Å². The molecule has 114 valence electrons. The van der Waals surface area contributed by atoms with E-state index in [1.807, 2.05) is 0 Å². The normalized spacial score (nSPS) is 29.2. The van der Waals surface area contributed by atoms with Crippen molar-refractivity contribution in [1.29, 1.82) is 0 Å². The Hall–Kier alpha value is -0.290. The van der Waals surface area contributed by atoms with Crippen molar-refractivity contribution in [2.24, 2.45) is 5.92 Å². The van der Waals surface area contributed by atoms with E-state index in [1.165, 1.54) is 4.90 Å². The molecular formula is C14H26F3NO. The van der Waals surface area contributed by atoms with Gasteiger partial charge in [0.15, 0.2) is 0 Å². The molecule has 0 amide bonds. The summed E-state index contributed by atoms with van der Waals surface area (Å²) >= 11 is 0. The van der Waals surface area contributed by atoms with Crippen LogP contribution >= 0.6 is 0 Å². The van der Waals surface area contributed by atoms with Gasteiger partial charge in [-0.2, -0.15) is 13.2 Å². The Labute approximate surface area is 114 Å². The third-order valence-corrected chi connectivity index (χ3v) is 4.04. The van der Waals surface area contributed by atoms with E-state index in [1.54, 1.807) is 13.8 Å². The highest BCUT2D eigenvalue weighted by Gasteiger charge is 2.40. The van der Waals surface area contributed by atoms with Crippen LogP contribution in [-0.2, 0) is 0 Å². The van der Waals surface area contributed by atoms with Crippen LogP contribution in [0.15, 0.2) is 0 Å². The number of aliphatic hydroxyl groups excluding tert-OH is 1. The summed E-state index contributed by atoms with van der Waals surface area (Å²) in [7, 11) is 0. The predicted octanol–water partition coefficient (Wildman–Crippen LogP) is 3.59. The Morgan fingerprint density at radius 3 is 2.37 bits per heavy atom. The second-order valence-electron chi connectivity index (χ2n) is 5.98. The first kappa shape index (κ1) is 16.8. The van der Waals surface area contributed by atoms with Crippen molar-refractivity contribution in [2.45, 2.75) is 77.2 Å². The van der Waals surface area contributed by atoms with Crippen molar-refractivity contribution >= 4 is 0 Å². The smallest absolute Gasteiger partial charge is 0.391 e. The van der Waals surface area contributed by atoms with Gasteiger partial charge in [0, 0.05) is 12.1 Å². The highest BCUT2D eigenvalue weighted by Crippen LogP contribution is 2.33. The Morgan fingerprint density at radius 2 is 1.89 bits per heavy atom. The molecule has 19 heavy (non-hydrogen) atoms. The molecule has 0 heterocycles. The van der Waals surface area contributed by atoms with E-state index in [2.05, 4.69) is 6.92 Å². The van der Waals surface area contributed by atoms with Crippen LogP contribution < -0.4 is 0 Å². The number of hydrogen-bond donors (Lipinski definition) is 1. The molecule has 1 saturated carbocycles. The molecule has 1 fully saturated rings. The topological polar surface area (TPSA) is 23.5 Å². The van der Waals surface area contributed by atoms with Gasteiger partial charge in [0.05, 0.1) is 12.6 Å². The molecule has 0 aromatic carbocycles. The summed E-state index contributed by atoms with van der Waals surface area (Å²) in [4.78, 5) is 1.42. The fourth-order valence-electron chi connectivity index (χ4n) is 3.13. The Bertz CT molecular complexity index is 268. The highest BCUT2D eigenvalue weighted by atomic mass is 19.4. The summed E-state index contributed by atoms with van der Waals surface area (Å²) in [5, 5.41) is 10.1. The second-order valence-corrected chi connectivity index (χ2v) is 5.98. The summed E-state index contributed by atoms with van der Waals surface area (Å²) in [5.74, 6) is 0.452. The van der Waals surface area contributed by atoms with Crippen molar-refractivity contribution in [3.8, 4) is 0 Å². The van der Waals surface area contributed by atoms with Crippen molar-refractivity contribution in [3.63, 3.8) is 0 Å². The molecule has 0 saturated heterocycles. The minimum absolute atomic E-state index is 0.207. The molecule has 0 radical (unpaired) electrons. The van der Waals surface area contributed by atoms with Crippen LogP contribution in [0.4, 0.5) is 13.2 Å². The van der Waals surface area contributed by atoms with E-state index in [-0.39, 0.29) is 12.1 Å². The van der Waals surface area contributed by atoms with Gasteiger partial charge in [-0.1, -0.05) is 19.8 Å². The number of aliphatic hydroxyl groups is 1. The molecule has 0 aromatic rings. The molecule has 0 aromatic heterocycles. The lowest BCUT2D eigenvalue weighted by Gasteiger charge is -2.43. The molecule has 2 nitrogen and oxygen atoms in total. The van der Waals surface area contributed by atoms with Gasteiger partial charge >= 0.3 is 6.18 Å². The monoisotopic (exact) mass is 281 g/mol. The zero-order valence-electron chi connectivity index (χ0n) is 12.1. The minimum atomic E-state index is -4.21. The molecule has 0 spiro atoms. The first-order chi connectivity index (χ1) is 8.74. The Morgan fingerprint density at radius 1 is 1.26 bits per heavy atom. The average molecular weight is 281 g/mol. The predicted molar refractivity (Wildman–Crippen MR) is 69.9 cm³/mol. The summed E-state index contributed by atoms with van der Waals surface area (Å²) in [6, 6.07) is -0.562. The van der Waals surface area contributed by atoms with Crippen molar-refractivity contribution in [3.05, 3.63) is 0 Å². The average Bonchev–Trinajstić information content (AvgIpc) is 2.28. The maximum atomic E-state index is 12.7. The van der Waals surface area contributed by atoms with Crippen molar-refractivity contribution in [1.82, 2.24) is 4.90 Å². The first-order valence-electron chi connectivity index (χ1n) is 7.25. The van der Waals surface area contributed by atoms with Crippen molar-refractivity contribution < 1.29 is 18.3 Å². The van der Waals surface area contributed by atoms with Crippen LogP contribution in [0.3, 0.4) is 0 Å². The second kappa shape index (κ2) is 6.93. The van der Waals surface area contributed by atoms with E-state index in [0.29, 0.717) is 18.8 Å². The van der Waals surface area contributed by atoms with Gasteiger partial charge in [-0.25, -0.2) is 0 Å². The number of alkyl halides is 3. The lowest BCUT2D eigenvalue weighted by molar-refractivity contribution is -0.164. The highest BCUT2D eigenvalue weighted by molar-refractivity contribution is 4.89. The van der Waals surface area contributed by atoms with Crippen molar-refractivity contribution in [2.75, 3.05) is 6.54 Å². The van der Waals surface area contributed by atoms with E-state index in [9.17, 15) is 18.3 Å². The minimum Gasteiger partial charge on any atom is -0.391 e. The lowest BCUT2D eigenvalue weighted by Crippen LogP contribution is -2.53. The summed E-state index contributed by atoms with van der Waals surface area (Å²) in [5.41, 5.74) is 0. The molecule has 1 aliphatic rings. The van der Waals surface area contributed by atoms with Gasteiger partial charge in [-0.05, 0) is 39.0 Å². The van der Waals surface area contributed by atoms with E-state index in [4.69, 9.17) is 0 Å². The molecule has 5 heteroatoms. The maximum Gasteiger partial charge on any atom is 0.401 e. The maximum absolute atomic E-state index is 12.7. The lowest BCUT2D eigenvalue weighted by atomic mass is 9.80. The van der Waals surface area contributed by atoms with E-state index < -0.39 is 18.8 Å². The van der Waals surface area contributed by atoms with Gasteiger partial charge in [0.1, 0.15) is 0 Å². The summed E-state index contributed by atoms with van der Waals surface area (Å²) in [6.07, 6.45) is -0.502. The van der Waals surface area contributed by atoms with Crippen LogP contribution in [0.1, 0.15) is 52.9 Å². The molecule has 1 aliphatic carbocycles. The van der Waals surface area contributed by atoms with E-state index >= 15 is 0 Å². The van der Waals surface area contributed by atoms with Crippen LogP contribution in [-0.4, -0.2) is 40.9 Å². The zero-order valence-corrected chi connectivity index (χ0v) is 12.1. The molecule has 1 rings (SSSR count). The van der Waals surface area contributed by atoms with Crippen LogP contribution in [0.25, 0.3) is 0 Å². The third kappa shape index (κ3) is 5.30. The van der Waals surface area contributed by atoms with Crippen LogP contribution in [0.2, 0.25) is 0 Å². The summed E-state index contributed by atoms with van der Waals surface area (Å²) < 4.78 is 38.0. The Balaban J connectivity index is 2.74. The largest absolute Gasteiger partial charge is 0.401 e. The summed E-state index contributed by atoms with van der Waals surface area (Å²) in [6.45, 7) is 4.70. The molecule has 1 N–H and O–H groups in total. The standard InChI is InChI=1S/C14H26F3NO/c1-4-5-11-6-7-13(19)12(8-11)18(10(2)3)9-14(15,16)17/h10-13,19H,4-9H2,1-3H3. The van der Waals surface area contributed by atoms with Gasteiger partial charge in [-0.15, -0.1) is 0 Å². The molecule has 3 unspecified atom stereocenters. The molecular weight excluding hydrogens is 255 g/mol. The number of hydrogen-bond acceptors (Lipinski definition) is 2. The SMILES string of the molecule is CCCC1CCC(O)C(N(CC(F)(F)F)C(C)C)C1. The molecule has 3 atom stereocenters. The van der Waals surface area contributed by atoms with Gasteiger partial charge < -0.3 is 5.11 Å². The number of halogens is 3. The van der Waals surface area contributed by atoms with Gasteiger partial charge in [0.2, 0.25) is 0 Å². The fourth-order valence-corrected chi connectivity index (χ4v) is 3.13. The van der Waals surface area contributed by atoms with E-state index in [0.717, 1.165) is 19.3 Å². The first-order valence-corrected chi connectivity index (χ1v) is 7.25. The molecule has 0 aliphatic heterocycles. The van der Waals surface area contributed by atoms with Crippen LogP contribution in [0.5, 0.6) is 0 Å². The van der Waals surface area contributed by atoms with Gasteiger partial charge in [-0.3, -0.25) is 4.90 Å². The third-order valence-electron chi connectivity index (χ3n) is 4.04. The van der Waals surface area contributed by atoms with Crippen LogP contribution in [0, 0.1) is 5.92 Å². The number of rotatable bonds is 5. The fraction of sp³-hybridized carbons (Fsp3) is 1.00. The number of nitrogens with zero attached hydrogens (tertiary/aromatic N) is 1. The zero-order chi connectivity index (χ0) is 14.6. The molecule has 0 bridgehead atoms. The Kier molecular flexibility index (Phi) is 6.12. The quantitative estimate of drug-likeness (QED) is 0.832.